The van der Waals surface area contributed by atoms with Gasteiger partial charge in [0.1, 0.15) is 22.9 Å². The lowest BCUT2D eigenvalue weighted by molar-refractivity contribution is 0.103. The number of nitrogens with zero attached hydrogens (tertiary/aromatic N) is 4. The maximum absolute atomic E-state index is 12.1. The molecule has 3 aromatic heterocycles. The first-order valence-corrected chi connectivity index (χ1v) is 6.66. The smallest absolute Gasteiger partial charge is 0.220 e. The molecule has 3 heterocycles. The number of carbonyl (C=O) groups is 1. The van der Waals surface area contributed by atoms with E-state index in [1.807, 2.05) is 0 Å². The average Bonchev–Trinajstić information content (AvgIpc) is 2.56. The minimum absolute atomic E-state index is 0.256. The summed E-state index contributed by atoms with van der Waals surface area (Å²) in [5.41, 5.74) is 0.654. The third kappa shape index (κ3) is 3.24. The van der Waals surface area contributed by atoms with Gasteiger partial charge in [0.05, 0.1) is 11.8 Å². The first-order chi connectivity index (χ1) is 10.7. The van der Waals surface area contributed by atoms with Crippen molar-refractivity contribution in [1.82, 2.24) is 19.9 Å². The molecule has 22 heavy (non-hydrogen) atoms. The van der Waals surface area contributed by atoms with E-state index in [0.29, 0.717) is 22.3 Å². The topological polar surface area (TPSA) is 77.9 Å². The van der Waals surface area contributed by atoms with Crippen molar-refractivity contribution in [3.63, 3.8) is 0 Å². The molecule has 0 fully saturated rings. The molecule has 0 amide bonds. The van der Waals surface area contributed by atoms with Crippen LogP contribution in [-0.4, -0.2) is 25.7 Å². The summed E-state index contributed by atoms with van der Waals surface area (Å²) in [7, 11) is 0. The second kappa shape index (κ2) is 6.28. The molecule has 0 aliphatic carbocycles. The summed E-state index contributed by atoms with van der Waals surface area (Å²) < 4.78 is 5.51. The van der Waals surface area contributed by atoms with E-state index < -0.39 is 0 Å². The van der Waals surface area contributed by atoms with E-state index in [9.17, 15) is 4.79 Å². The summed E-state index contributed by atoms with van der Waals surface area (Å²) in [6.07, 6.45) is 5.69. The number of ether oxygens (including phenoxy) is 1. The van der Waals surface area contributed by atoms with Gasteiger partial charge < -0.3 is 4.74 Å². The molecule has 0 bridgehead atoms. The van der Waals surface area contributed by atoms with Crippen LogP contribution in [0.15, 0.2) is 55.2 Å². The van der Waals surface area contributed by atoms with Gasteiger partial charge in [-0.05, 0) is 18.2 Å². The first-order valence-electron chi connectivity index (χ1n) is 6.28. The number of aromatic nitrogens is 4. The third-order valence-electron chi connectivity index (χ3n) is 2.70. The molecular formula is C15H9ClN4O2. The summed E-state index contributed by atoms with van der Waals surface area (Å²) >= 11 is 5.78. The number of halogens is 1. The Morgan fingerprint density at radius 3 is 2.55 bits per heavy atom. The zero-order chi connectivity index (χ0) is 15.4. The second-order valence-corrected chi connectivity index (χ2v) is 4.62. The first kappa shape index (κ1) is 14.1. The molecule has 108 valence electrons. The molecule has 0 saturated carbocycles. The van der Waals surface area contributed by atoms with Gasteiger partial charge in [-0.15, -0.1) is 0 Å². The van der Waals surface area contributed by atoms with Gasteiger partial charge in [-0.1, -0.05) is 17.7 Å². The van der Waals surface area contributed by atoms with E-state index in [0.717, 1.165) is 0 Å². The molecule has 7 heteroatoms. The summed E-state index contributed by atoms with van der Waals surface area (Å²) in [6, 6.07) is 8.25. The molecule has 0 atom stereocenters. The van der Waals surface area contributed by atoms with Gasteiger partial charge in [0.25, 0.3) is 0 Å². The van der Waals surface area contributed by atoms with Gasteiger partial charge in [0.2, 0.25) is 11.7 Å². The van der Waals surface area contributed by atoms with Crippen LogP contribution in [0.5, 0.6) is 11.6 Å². The molecule has 0 unspecified atom stereocenters. The van der Waals surface area contributed by atoms with Crippen molar-refractivity contribution in [2.45, 2.75) is 0 Å². The van der Waals surface area contributed by atoms with Gasteiger partial charge in [-0.25, -0.2) is 19.9 Å². The number of ketones is 1. The Labute approximate surface area is 130 Å². The van der Waals surface area contributed by atoms with E-state index in [1.165, 1.54) is 24.9 Å². The summed E-state index contributed by atoms with van der Waals surface area (Å²) in [5.74, 6) is 0.550. The number of pyridine rings is 2. The summed E-state index contributed by atoms with van der Waals surface area (Å²) in [6.45, 7) is 0. The molecule has 0 aromatic carbocycles. The van der Waals surface area contributed by atoms with Gasteiger partial charge in [-0.2, -0.15) is 0 Å². The largest absolute Gasteiger partial charge is 0.437 e. The van der Waals surface area contributed by atoms with Crippen LogP contribution in [0.2, 0.25) is 5.15 Å². The SMILES string of the molecule is O=C(c1cncnc1)c1ccc(Oc2cccc(Cl)n2)cn1. The second-order valence-electron chi connectivity index (χ2n) is 4.24. The predicted molar refractivity (Wildman–Crippen MR) is 79.0 cm³/mol. The summed E-state index contributed by atoms with van der Waals surface area (Å²) in [4.78, 5) is 27.9. The van der Waals surface area contributed by atoms with Crippen LogP contribution in [0.3, 0.4) is 0 Å². The van der Waals surface area contributed by atoms with E-state index in [1.54, 1.807) is 30.3 Å². The van der Waals surface area contributed by atoms with E-state index in [4.69, 9.17) is 16.3 Å². The van der Waals surface area contributed by atoms with Crippen molar-refractivity contribution in [2.24, 2.45) is 0 Å². The molecular weight excluding hydrogens is 304 g/mol. The highest BCUT2D eigenvalue weighted by Crippen LogP contribution is 2.20. The van der Waals surface area contributed by atoms with Crippen LogP contribution in [0.4, 0.5) is 0 Å². The maximum Gasteiger partial charge on any atom is 0.220 e. The van der Waals surface area contributed by atoms with Crippen LogP contribution in [0, 0.1) is 0 Å². The fourth-order valence-electron chi connectivity index (χ4n) is 1.71. The predicted octanol–water partition coefficient (Wildman–Crippen LogP) is 2.94. The van der Waals surface area contributed by atoms with Gasteiger partial charge in [0.15, 0.2) is 0 Å². The van der Waals surface area contributed by atoms with Crippen molar-refractivity contribution in [1.29, 1.82) is 0 Å². The van der Waals surface area contributed by atoms with E-state index >= 15 is 0 Å². The Hall–Kier alpha value is -2.86. The quantitative estimate of drug-likeness (QED) is 0.544. The number of hydrogen-bond donors (Lipinski definition) is 0. The maximum atomic E-state index is 12.1. The lowest BCUT2D eigenvalue weighted by atomic mass is 10.1. The van der Waals surface area contributed by atoms with E-state index in [-0.39, 0.29) is 11.5 Å². The average molecular weight is 313 g/mol. The zero-order valence-electron chi connectivity index (χ0n) is 11.2. The normalized spacial score (nSPS) is 10.2. The Morgan fingerprint density at radius 1 is 1.05 bits per heavy atom. The van der Waals surface area contributed by atoms with Gasteiger partial charge in [-0.3, -0.25) is 4.79 Å². The van der Waals surface area contributed by atoms with Crippen LogP contribution in [0.25, 0.3) is 0 Å². The van der Waals surface area contributed by atoms with Crippen LogP contribution in [0.1, 0.15) is 16.1 Å². The highest BCUT2D eigenvalue weighted by Gasteiger charge is 2.11. The van der Waals surface area contributed by atoms with Crippen molar-refractivity contribution < 1.29 is 9.53 Å². The van der Waals surface area contributed by atoms with Crippen molar-refractivity contribution in [2.75, 3.05) is 0 Å². The van der Waals surface area contributed by atoms with Crippen molar-refractivity contribution in [3.05, 3.63) is 71.7 Å². The highest BCUT2D eigenvalue weighted by molar-refractivity contribution is 6.29. The lowest BCUT2D eigenvalue weighted by Gasteiger charge is -2.05. The molecule has 3 rings (SSSR count). The lowest BCUT2D eigenvalue weighted by Crippen LogP contribution is -2.04. The molecule has 0 N–H and O–H groups in total. The molecule has 6 nitrogen and oxygen atoms in total. The third-order valence-corrected chi connectivity index (χ3v) is 2.91. The Bertz CT molecular complexity index is 794. The number of rotatable bonds is 4. The minimum Gasteiger partial charge on any atom is -0.437 e. The number of carbonyl (C=O) groups excluding carboxylic acids is 1. The minimum atomic E-state index is -0.256. The van der Waals surface area contributed by atoms with Gasteiger partial charge >= 0.3 is 0 Å². The molecule has 0 spiro atoms. The van der Waals surface area contributed by atoms with Crippen molar-refractivity contribution >= 4 is 17.4 Å². The zero-order valence-corrected chi connectivity index (χ0v) is 11.9. The fourth-order valence-corrected chi connectivity index (χ4v) is 1.86. The molecule has 3 aromatic rings. The van der Waals surface area contributed by atoms with Crippen LogP contribution < -0.4 is 4.74 Å². The van der Waals surface area contributed by atoms with Gasteiger partial charge in [0, 0.05) is 18.5 Å². The molecule has 0 radical (unpaired) electrons. The molecule has 0 aliphatic rings. The Morgan fingerprint density at radius 2 is 1.86 bits per heavy atom. The van der Waals surface area contributed by atoms with Crippen LogP contribution in [-0.2, 0) is 0 Å². The van der Waals surface area contributed by atoms with Crippen LogP contribution >= 0.6 is 11.6 Å². The number of hydrogen-bond acceptors (Lipinski definition) is 6. The monoisotopic (exact) mass is 312 g/mol. The molecule has 0 saturated heterocycles. The fraction of sp³-hybridized carbons (Fsp3) is 0. The Balaban J connectivity index is 1.77. The summed E-state index contributed by atoms with van der Waals surface area (Å²) in [5, 5.41) is 0.335. The Kier molecular flexibility index (Phi) is 4.02. The van der Waals surface area contributed by atoms with Crippen molar-refractivity contribution in [3.8, 4) is 11.6 Å². The standard InChI is InChI=1S/C15H9ClN4O2/c16-13-2-1-3-14(20-13)22-11-4-5-12(19-8-11)15(21)10-6-17-9-18-7-10/h1-9H. The highest BCUT2D eigenvalue weighted by atomic mass is 35.5. The molecule has 0 aliphatic heterocycles. The van der Waals surface area contributed by atoms with E-state index in [2.05, 4.69) is 19.9 Å².